The molecule has 3 aromatic rings. The Bertz CT molecular complexity index is 1050. The van der Waals surface area contributed by atoms with Gasteiger partial charge in [0.2, 0.25) is 0 Å². The van der Waals surface area contributed by atoms with E-state index in [0.717, 1.165) is 16.7 Å². The van der Waals surface area contributed by atoms with Crippen LogP contribution in [-0.2, 0) is 22.4 Å². The quantitative estimate of drug-likeness (QED) is 0.502. The van der Waals surface area contributed by atoms with Crippen molar-refractivity contribution in [2.24, 2.45) is 0 Å². The molecule has 0 aliphatic heterocycles. The fourth-order valence-corrected chi connectivity index (χ4v) is 3.25. The molecule has 3 rings (SSSR count). The third-order valence-corrected chi connectivity index (χ3v) is 4.90. The van der Waals surface area contributed by atoms with Gasteiger partial charge in [0.15, 0.2) is 17.2 Å². The molecule has 166 valence electrons. The Labute approximate surface area is 187 Å². The number of esters is 1. The maximum Gasteiger partial charge on any atom is 0.325 e. The van der Waals surface area contributed by atoms with Gasteiger partial charge in [0, 0.05) is 25.1 Å². The van der Waals surface area contributed by atoms with Crippen LogP contribution in [0.1, 0.15) is 27.2 Å². The van der Waals surface area contributed by atoms with E-state index >= 15 is 0 Å². The monoisotopic (exact) mass is 434 g/mol. The highest BCUT2D eigenvalue weighted by molar-refractivity contribution is 5.97. The lowest BCUT2D eigenvalue weighted by Gasteiger charge is -2.19. The number of hydrogen-bond donors (Lipinski definition) is 2. The van der Waals surface area contributed by atoms with E-state index in [2.05, 4.69) is 10.3 Å². The second-order valence-electron chi connectivity index (χ2n) is 7.38. The summed E-state index contributed by atoms with van der Waals surface area (Å²) in [5, 5.41) is 12.5. The Hall–Kier alpha value is -3.87. The third-order valence-electron chi connectivity index (χ3n) is 4.90. The number of aryl methyl sites for hydroxylation is 1. The Morgan fingerprint density at radius 2 is 1.66 bits per heavy atom. The first-order valence-corrected chi connectivity index (χ1v) is 10.3. The Kier molecular flexibility index (Phi) is 7.80. The van der Waals surface area contributed by atoms with E-state index in [1.165, 1.54) is 19.4 Å². The van der Waals surface area contributed by atoms with Crippen molar-refractivity contribution in [1.29, 1.82) is 0 Å². The lowest BCUT2D eigenvalue weighted by molar-refractivity contribution is -0.147. The molecule has 1 atom stereocenters. The minimum absolute atomic E-state index is 0.119. The van der Waals surface area contributed by atoms with Gasteiger partial charge in [-0.05, 0) is 18.1 Å². The standard InChI is InChI=1S/C25H26N2O5/c1-17-8-10-19(11-9-17)15-20(14-18-6-4-3-5-7-18)32-22(28)16-27-25(30)23-24(29)21(31-2)12-13-26-23/h3-13,20,29H,14-16H2,1-2H3,(H,27,30). The number of aromatic hydroxyl groups is 1. The van der Waals surface area contributed by atoms with Gasteiger partial charge in [-0.15, -0.1) is 0 Å². The van der Waals surface area contributed by atoms with E-state index in [-0.39, 0.29) is 23.7 Å². The molecular formula is C25H26N2O5. The van der Waals surface area contributed by atoms with E-state index in [9.17, 15) is 14.7 Å². The number of carbonyl (C=O) groups excluding carboxylic acids is 2. The number of carbonyl (C=O) groups is 2. The van der Waals surface area contributed by atoms with Crippen LogP contribution in [0, 0.1) is 6.92 Å². The van der Waals surface area contributed by atoms with Crippen molar-refractivity contribution in [3.05, 3.63) is 89.2 Å². The van der Waals surface area contributed by atoms with Crippen LogP contribution in [0.4, 0.5) is 0 Å². The van der Waals surface area contributed by atoms with Gasteiger partial charge in [0.05, 0.1) is 7.11 Å². The summed E-state index contributed by atoms with van der Waals surface area (Å²) in [6.07, 6.45) is 2.04. The number of hydrogen-bond acceptors (Lipinski definition) is 6. The molecule has 1 amide bonds. The lowest BCUT2D eigenvalue weighted by atomic mass is 10.0. The summed E-state index contributed by atoms with van der Waals surface area (Å²) in [7, 11) is 1.37. The largest absolute Gasteiger partial charge is 0.503 e. The van der Waals surface area contributed by atoms with Crippen LogP contribution in [0.25, 0.3) is 0 Å². The number of ether oxygens (including phenoxy) is 2. The van der Waals surface area contributed by atoms with Gasteiger partial charge in [-0.25, -0.2) is 4.98 Å². The van der Waals surface area contributed by atoms with E-state index in [1.807, 2.05) is 61.5 Å². The third kappa shape index (κ3) is 6.31. The molecule has 2 N–H and O–H groups in total. The summed E-state index contributed by atoms with van der Waals surface area (Å²) in [4.78, 5) is 28.7. The van der Waals surface area contributed by atoms with E-state index in [0.29, 0.717) is 12.8 Å². The zero-order chi connectivity index (χ0) is 22.9. The first kappa shape index (κ1) is 22.8. The molecule has 0 saturated heterocycles. The second kappa shape index (κ2) is 10.9. The Morgan fingerprint density at radius 1 is 1.00 bits per heavy atom. The molecule has 2 aromatic carbocycles. The van der Waals surface area contributed by atoms with Crippen LogP contribution in [0.15, 0.2) is 66.9 Å². The number of nitrogens with one attached hydrogen (secondary N) is 1. The van der Waals surface area contributed by atoms with Gasteiger partial charge in [-0.2, -0.15) is 0 Å². The van der Waals surface area contributed by atoms with Gasteiger partial charge in [0.25, 0.3) is 5.91 Å². The van der Waals surface area contributed by atoms with Gasteiger partial charge < -0.3 is 19.9 Å². The predicted molar refractivity (Wildman–Crippen MR) is 120 cm³/mol. The molecule has 0 fully saturated rings. The maximum absolute atomic E-state index is 12.5. The molecule has 0 radical (unpaired) electrons. The molecule has 0 bridgehead atoms. The summed E-state index contributed by atoms with van der Waals surface area (Å²) in [5.74, 6) is -1.54. The number of nitrogens with zero attached hydrogens (tertiary/aromatic N) is 1. The van der Waals surface area contributed by atoms with Gasteiger partial charge in [-0.3, -0.25) is 9.59 Å². The van der Waals surface area contributed by atoms with Crippen LogP contribution in [0.3, 0.4) is 0 Å². The maximum atomic E-state index is 12.5. The number of aromatic nitrogens is 1. The average molecular weight is 434 g/mol. The topological polar surface area (TPSA) is 97.8 Å². The van der Waals surface area contributed by atoms with Crippen molar-refractivity contribution in [3.8, 4) is 11.5 Å². The fourth-order valence-electron chi connectivity index (χ4n) is 3.25. The Balaban J connectivity index is 1.63. The fraction of sp³-hybridized carbons (Fsp3) is 0.240. The van der Waals surface area contributed by atoms with Crippen molar-refractivity contribution in [2.45, 2.75) is 25.9 Å². The van der Waals surface area contributed by atoms with Crippen LogP contribution < -0.4 is 10.1 Å². The smallest absolute Gasteiger partial charge is 0.325 e. The molecule has 1 unspecified atom stereocenters. The molecule has 0 aliphatic rings. The number of benzene rings is 2. The van der Waals surface area contributed by atoms with Crippen molar-refractivity contribution in [2.75, 3.05) is 13.7 Å². The number of rotatable bonds is 9. The molecule has 7 nitrogen and oxygen atoms in total. The van der Waals surface area contributed by atoms with Crippen LogP contribution in [0.5, 0.6) is 11.5 Å². The first-order valence-electron chi connectivity index (χ1n) is 10.3. The van der Waals surface area contributed by atoms with E-state index in [4.69, 9.17) is 9.47 Å². The molecule has 32 heavy (non-hydrogen) atoms. The molecule has 1 aromatic heterocycles. The Morgan fingerprint density at radius 3 is 2.31 bits per heavy atom. The lowest BCUT2D eigenvalue weighted by Crippen LogP contribution is -2.34. The first-order chi connectivity index (χ1) is 15.5. The van der Waals surface area contributed by atoms with Gasteiger partial charge >= 0.3 is 5.97 Å². The zero-order valence-corrected chi connectivity index (χ0v) is 18.1. The van der Waals surface area contributed by atoms with Gasteiger partial charge in [-0.1, -0.05) is 60.2 Å². The van der Waals surface area contributed by atoms with Crippen LogP contribution >= 0.6 is 0 Å². The van der Waals surface area contributed by atoms with Crippen molar-refractivity contribution in [3.63, 3.8) is 0 Å². The average Bonchev–Trinajstić information content (AvgIpc) is 2.80. The van der Waals surface area contributed by atoms with E-state index < -0.39 is 18.0 Å². The summed E-state index contributed by atoms with van der Waals surface area (Å²) in [6.45, 7) is 1.67. The normalized spacial score (nSPS) is 11.4. The summed E-state index contributed by atoms with van der Waals surface area (Å²) >= 11 is 0. The minimum atomic E-state index is -0.698. The van der Waals surface area contributed by atoms with Crippen LogP contribution in [-0.4, -0.2) is 41.7 Å². The number of amides is 1. The molecule has 0 aliphatic carbocycles. The van der Waals surface area contributed by atoms with Gasteiger partial charge in [0.1, 0.15) is 12.6 Å². The summed E-state index contributed by atoms with van der Waals surface area (Å²) in [6, 6.07) is 19.3. The van der Waals surface area contributed by atoms with E-state index in [1.54, 1.807) is 0 Å². The number of methoxy groups -OCH3 is 1. The van der Waals surface area contributed by atoms with Crippen molar-refractivity contribution in [1.82, 2.24) is 10.3 Å². The highest BCUT2D eigenvalue weighted by Gasteiger charge is 2.20. The molecular weight excluding hydrogens is 408 g/mol. The summed E-state index contributed by atoms with van der Waals surface area (Å²) in [5.41, 5.74) is 3.03. The SMILES string of the molecule is COc1ccnc(C(=O)NCC(=O)OC(Cc2ccccc2)Cc2ccc(C)cc2)c1O. The molecule has 1 heterocycles. The predicted octanol–water partition coefficient (Wildman–Crippen LogP) is 3.23. The highest BCUT2D eigenvalue weighted by atomic mass is 16.5. The number of pyridine rings is 1. The minimum Gasteiger partial charge on any atom is -0.503 e. The summed E-state index contributed by atoms with van der Waals surface area (Å²) < 4.78 is 10.7. The van der Waals surface area contributed by atoms with Crippen molar-refractivity contribution >= 4 is 11.9 Å². The second-order valence-corrected chi connectivity index (χ2v) is 7.38. The molecule has 0 saturated carbocycles. The van der Waals surface area contributed by atoms with Crippen LogP contribution in [0.2, 0.25) is 0 Å². The van der Waals surface area contributed by atoms with Crippen molar-refractivity contribution < 1.29 is 24.2 Å². The molecule has 0 spiro atoms. The zero-order valence-electron chi connectivity index (χ0n) is 18.1. The highest BCUT2D eigenvalue weighted by Crippen LogP contribution is 2.27. The molecule has 7 heteroatoms.